The molecule has 1 aromatic heterocycles. The Balaban J connectivity index is 1.67. The third-order valence-corrected chi connectivity index (χ3v) is 4.91. The summed E-state index contributed by atoms with van der Waals surface area (Å²) < 4.78 is 0. The summed E-state index contributed by atoms with van der Waals surface area (Å²) in [4.78, 5) is 17.7. The molecule has 0 amide bonds. The van der Waals surface area contributed by atoms with Crippen LogP contribution in [0.15, 0.2) is 16.9 Å². The number of hydrogen-bond donors (Lipinski definition) is 2. The van der Waals surface area contributed by atoms with Crippen molar-refractivity contribution in [1.82, 2.24) is 15.2 Å². The molecule has 2 heterocycles. The molecule has 0 unspecified atom stereocenters. The normalized spacial score (nSPS) is 27.9. The fourth-order valence-electron chi connectivity index (χ4n) is 3.65. The van der Waals surface area contributed by atoms with Gasteiger partial charge in [0.2, 0.25) is 0 Å². The summed E-state index contributed by atoms with van der Waals surface area (Å²) in [6.45, 7) is 6.60. The molecule has 110 valence electrons. The SMILES string of the molecule is CCc1ccc([C@@H]2CC[C@H](N3CCNCC3)C2)[nH]c1=O. The van der Waals surface area contributed by atoms with E-state index in [-0.39, 0.29) is 5.56 Å². The first-order valence-electron chi connectivity index (χ1n) is 7.94. The lowest BCUT2D eigenvalue weighted by atomic mass is 10.0. The van der Waals surface area contributed by atoms with Crippen molar-refractivity contribution in [3.63, 3.8) is 0 Å². The number of pyridine rings is 1. The smallest absolute Gasteiger partial charge is 0.251 e. The molecule has 2 fully saturated rings. The molecule has 1 aromatic rings. The molecule has 2 N–H and O–H groups in total. The van der Waals surface area contributed by atoms with E-state index in [1.165, 1.54) is 32.4 Å². The van der Waals surface area contributed by atoms with Crippen molar-refractivity contribution in [2.75, 3.05) is 26.2 Å². The largest absolute Gasteiger partial charge is 0.326 e. The molecule has 3 rings (SSSR count). The van der Waals surface area contributed by atoms with Gasteiger partial charge in [-0.3, -0.25) is 9.69 Å². The first-order chi connectivity index (χ1) is 9.78. The number of hydrogen-bond acceptors (Lipinski definition) is 3. The van der Waals surface area contributed by atoms with Crippen molar-refractivity contribution in [2.45, 2.75) is 44.6 Å². The van der Waals surface area contributed by atoms with Crippen LogP contribution in [0.4, 0.5) is 0 Å². The van der Waals surface area contributed by atoms with Crippen LogP contribution < -0.4 is 10.9 Å². The van der Waals surface area contributed by atoms with Crippen LogP contribution in [0, 0.1) is 0 Å². The van der Waals surface area contributed by atoms with Crippen LogP contribution in [0.5, 0.6) is 0 Å². The van der Waals surface area contributed by atoms with E-state index in [1.54, 1.807) is 0 Å². The van der Waals surface area contributed by atoms with Gasteiger partial charge in [0.15, 0.2) is 0 Å². The standard InChI is InChI=1S/C16H25N3O/c1-2-12-4-6-15(18-16(12)20)13-3-5-14(11-13)19-9-7-17-8-10-19/h4,6,13-14,17H,2-3,5,7-11H2,1H3,(H,18,20)/t13-,14+/m1/s1. The van der Waals surface area contributed by atoms with Crippen LogP contribution in [-0.2, 0) is 6.42 Å². The zero-order valence-corrected chi connectivity index (χ0v) is 12.3. The Labute approximate surface area is 120 Å². The lowest BCUT2D eigenvalue weighted by molar-refractivity contribution is 0.174. The van der Waals surface area contributed by atoms with Crippen LogP contribution in [0.2, 0.25) is 0 Å². The topological polar surface area (TPSA) is 48.1 Å². The van der Waals surface area contributed by atoms with Crippen LogP contribution in [0.25, 0.3) is 0 Å². The third-order valence-electron chi connectivity index (χ3n) is 4.91. The quantitative estimate of drug-likeness (QED) is 0.878. The predicted molar refractivity (Wildman–Crippen MR) is 81.3 cm³/mol. The number of aryl methyl sites for hydroxylation is 1. The van der Waals surface area contributed by atoms with Gasteiger partial charge >= 0.3 is 0 Å². The van der Waals surface area contributed by atoms with Crippen molar-refractivity contribution in [3.05, 3.63) is 33.7 Å². The van der Waals surface area contributed by atoms with Crippen LogP contribution in [0.1, 0.15) is 43.4 Å². The van der Waals surface area contributed by atoms with E-state index in [0.717, 1.165) is 30.8 Å². The van der Waals surface area contributed by atoms with Gasteiger partial charge in [-0.2, -0.15) is 0 Å². The highest BCUT2D eigenvalue weighted by Gasteiger charge is 2.31. The van der Waals surface area contributed by atoms with E-state index in [0.29, 0.717) is 12.0 Å². The van der Waals surface area contributed by atoms with E-state index in [1.807, 2.05) is 13.0 Å². The van der Waals surface area contributed by atoms with E-state index in [2.05, 4.69) is 21.3 Å². The van der Waals surface area contributed by atoms with Gasteiger partial charge in [-0.1, -0.05) is 13.0 Å². The molecule has 1 aliphatic heterocycles. The molecular formula is C16H25N3O. The number of nitrogens with zero attached hydrogens (tertiary/aromatic N) is 1. The predicted octanol–water partition coefficient (Wildman–Crippen LogP) is 1.48. The Morgan fingerprint density at radius 2 is 2.05 bits per heavy atom. The van der Waals surface area contributed by atoms with Gasteiger partial charge in [0.05, 0.1) is 0 Å². The summed E-state index contributed by atoms with van der Waals surface area (Å²) >= 11 is 0. The number of aromatic amines is 1. The molecule has 1 aliphatic carbocycles. The number of rotatable bonds is 3. The summed E-state index contributed by atoms with van der Waals surface area (Å²) in [6.07, 6.45) is 4.48. The summed E-state index contributed by atoms with van der Waals surface area (Å²) in [5.41, 5.74) is 2.14. The maximum absolute atomic E-state index is 11.9. The number of nitrogens with one attached hydrogen (secondary N) is 2. The average Bonchev–Trinajstić information content (AvgIpc) is 2.98. The second-order valence-corrected chi connectivity index (χ2v) is 6.07. The Kier molecular flexibility index (Phi) is 4.22. The minimum atomic E-state index is 0.107. The lowest BCUT2D eigenvalue weighted by Crippen LogP contribution is -2.47. The minimum absolute atomic E-state index is 0.107. The van der Waals surface area contributed by atoms with Crippen molar-refractivity contribution < 1.29 is 0 Å². The molecule has 2 aliphatic rings. The fourth-order valence-corrected chi connectivity index (χ4v) is 3.65. The highest BCUT2D eigenvalue weighted by atomic mass is 16.1. The molecule has 0 spiro atoms. The second-order valence-electron chi connectivity index (χ2n) is 6.07. The van der Waals surface area contributed by atoms with Crippen molar-refractivity contribution >= 4 is 0 Å². The van der Waals surface area contributed by atoms with Crippen LogP contribution in [0.3, 0.4) is 0 Å². The van der Waals surface area contributed by atoms with Crippen molar-refractivity contribution in [3.8, 4) is 0 Å². The molecule has 4 nitrogen and oxygen atoms in total. The first kappa shape index (κ1) is 13.8. The first-order valence-corrected chi connectivity index (χ1v) is 7.94. The minimum Gasteiger partial charge on any atom is -0.326 e. The molecule has 0 bridgehead atoms. The van der Waals surface area contributed by atoms with E-state index < -0.39 is 0 Å². The van der Waals surface area contributed by atoms with Crippen LogP contribution >= 0.6 is 0 Å². The van der Waals surface area contributed by atoms with Gasteiger partial charge in [0.25, 0.3) is 5.56 Å². The average molecular weight is 275 g/mol. The van der Waals surface area contributed by atoms with Gasteiger partial charge in [0.1, 0.15) is 0 Å². The van der Waals surface area contributed by atoms with Crippen molar-refractivity contribution in [2.24, 2.45) is 0 Å². The number of H-pyrrole nitrogens is 1. The summed E-state index contributed by atoms with van der Waals surface area (Å²) in [5, 5.41) is 3.41. The molecule has 1 saturated heterocycles. The van der Waals surface area contributed by atoms with E-state index >= 15 is 0 Å². The molecule has 20 heavy (non-hydrogen) atoms. The zero-order chi connectivity index (χ0) is 13.9. The van der Waals surface area contributed by atoms with Crippen molar-refractivity contribution in [1.29, 1.82) is 0 Å². The lowest BCUT2D eigenvalue weighted by Gasteiger charge is -2.32. The highest BCUT2D eigenvalue weighted by Crippen LogP contribution is 2.35. The van der Waals surface area contributed by atoms with Crippen LogP contribution in [-0.4, -0.2) is 42.1 Å². The molecule has 0 aromatic carbocycles. The highest BCUT2D eigenvalue weighted by molar-refractivity contribution is 5.18. The molecule has 2 atom stereocenters. The van der Waals surface area contributed by atoms with E-state index in [9.17, 15) is 4.79 Å². The zero-order valence-electron chi connectivity index (χ0n) is 12.3. The Hall–Kier alpha value is -1.13. The fraction of sp³-hybridized carbons (Fsp3) is 0.688. The Bertz CT molecular complexity index is 505. The molecule has 1 saturated carbocycles. The number of aromatic nitrogens is 1. The summed E-state index contributed by atoms with van der Waals surface area (Å²) in [5.74, 6) is 0.536. The molecular weight excluding hydrogens is 250 g/mol. The molecule has 4 heteroatoms. The van der Waals surface area contributed by atoms with Gasteiger partial charge in [-0.05, 0) is 31.7 Å². The summed E-state index contributed by atoms with van der Waals surface area (Å²) in [7, 11) is 0. The Morgan fingerprint density at radius 3 is 2.75 bits per heavy atom. The third kappa shape index (κ3) is 2.81. The Morgan fingerprint density at radius 1 is 1.25 bits per heavy atom. The van der Waals surface area contributed by atoms with E-state index in [4.69, 9.17) is 0 Å². The van der Waals surface area contributed by atoms with Gasteiger partial charge in [-0.25, -0.2) is 0 Å². The second kappa shape index (κ2) is 6.10. The molecule has 0 radical (unpaired) electrons. The van der Waals surface area contributed by atoms with Gasteiger partial charge < -0.3 is 10.3 Å². The maximum atomic E-state index is 11.9. The number of piperazine rings is 1. The van der Waals surface area contributed by atoms with Gasteiger partial charge in [-0.15, -0.1) is 0 Å². The maximum Gasteiger partial charge on any atom is 0.251 e. The monoisotopic (exact) mass is 275 g/mol. The summed E-state index contributed by atoms with van der Waals surface area (Å²) in [6, 6.07) is 4.84. The van der Waals surface area contributed by atoms with Gasteiger partial charge in [0, 0.05) is 49.4 Å².